The number of rotatable bonds is 8. The van der Waals surface area contributed by atoms with Crippen LogP contribution in [0.5, 0.6) is 0 Å². The van der Waals surface area contributed by atoms with Crippen molar-refractivity contribution in [3.05, 3.63) is 47.5 Å². The Morgan fingerprint density at radius 2 is 1.77 bits per heavy atom. The summed E-state index contributed by atoms with van der Waals surface area (Å²) in [5.41, 5.74) is 2.83. The first-order chi connectivity index (χ1) is 14.7. The predicted molar refractivity (Wildman–Crippen MR) is 128 cm³/mol. The molecule has 1 aromatic carbocycles. The number of carbonyl (C=O) groups excluding carboxylic acids is 1. The van der Waals surface area contributed by atoms with E-state index in [-0.39, 0.29) is 5.91 Å². The van der Waals surface area contributed by atoms with Gasteiger partial charge in [0.2, 0.25) is 5.91 Å². The molecule has 0 spiro atoms. The van der Waals surface area contributed by atoms with E-state index in [1.54, 1.807) is 5.57 Å². The van der Waals surface area contributed by atoms with Crippen LogP contribution in [-0.2, 0) is 11.2 Å². The van der Waals surface area contributed by atoms with Crippen LogP contribution in [0.2, 0.25) is 0 Å². The Hall–Kier alpha value is -1.92. The highest BCUT2D eigenvalue weighted by Crippen LogP contribution is 2.19. The monoisotopic (exact) mass is 428 g/mol. The molecule has 1 aliphatic carbocycles. The molecule has 1 saturated heterocycles. The van der Waals surface area contributed by atoms with Gasteiger partial charge < -0.3 is 15.5 Å². The van der Waals surface area contributed by atoms with Crippen LogP contribution in [0.15, 0.2) is 42.0 Å². The molecule has 5 nitrogen and oxygen atoms in total. The molecule has 0 aromatic heterocycles. The summed E-state index contributed by atoms with van der Waals surface area (Å²) in [6.45, 7) is 5.74. The van der Waals surface area contributed by atoms with E-state index in [2.05, 4.69) is 38.6 Å². The molecule has 1 aliphatic heterocycles. The van der Waals surface area contributed by atoms with Gasteiger partial charge in [-0.2, -0.15) is 0 Å². The third-order valence-corrected chi connectivity index (χ3v) is 6.33. The van der Waals surface area contributed by atoms with E-state index < -0.39 is 0 Å². The molecule has 1 amide bonds. The molecule has 0 bridgehead atoms. The first kappa shape index (κ1) is 22.8. The molecule has 0 unspecified atom stereocenters. The van der Waals surface area contributed by atoms with Crippen molar-refractivity contribution in [2.75, 3.05) is 45.8 Å². The topological polar surface area (TPSA) is 47.6 Å². The van der Waals surface area contributed by atoms with Crippen LogP contribution in [0.4, 0.5) is 0 Å². The largest absolute Gasteiger partial charge is 0.362 e. The molecule has 0 saturated carbocycles. The smallest absolute Gasteiger partial charge is 0.234 e. The van der Waals surface area contributed by atoms with Gasteiger partial charge >= 0.3 is 0 Å². The second-order valence-electron chi connectivity index (χ2n) is 8.29. The minimum Gasteiger partial charge on any atom is -0.362 e. The van der Waals surface area contributed by atoms with Crippen molar-refractivity contribution in [3.63, 3.8) is 0 Å². The van der Waals surface area contributed by atoms with E-state index in [9.17, 15) is 4.79 Å². The van der Waals surface area contributed by atoms with E-state index >= 15 is 0 Å². The molecule has 0 radical (unpaired) electrons. The van der Waals surface area contributed by atoms with Crippen molar-refractivity contribution in [2.24, 2.45) is 0 Å². The molecule has 2 N–H and O–H groups in total. The maximum atomic E-state index is 12.3. The minimum atomic E-state index is 0.112. The van der Waals surface area contributed by atoms with E-state index in [0.29, 0.717) is 13.1 Å². The number of benzene rings is 1. The zero-order valence-electron chi connectivity index (χ0n) is 18.1. The zero-order valence-corrected chi connectivity index (χ0v) is 18.9. The predicted octanol–water partition coefficient (Wildman–Crippen LogP) is 3.12. The summed E-state index contributed by atoms with van der Waals surface area (Å²) >= 11 is 5.63. The number of thiocarbonyl (C=S) groups is 1. The first-order valence-corrected chi connectivity index (χ1v) is 11.9. The highest BCUT2D eigenvalue weighted by atomic mass is 32.1. The van der Waals surface area contributed by atoms with Crippen LogP contribution in [0.3, 0.4) is 0 Å². The summed E-state index contributed by atoms with van der Waals surface area (Å²) in [7, 11) is 0. The Bertz CT molecular complexity index is 706. The maximum absolute atomic E-state index is 12.3. The molecule has 0 atom stereocenters. The summed E-state index contributed by atoms with van der Waals surface area (Å²) in [5, 5.41) is 7.36. The van der Waals surface area contributed by atoms with Crippen LogP contribution in [0.25, 0.3) is 0 Å². The fourth-order valence-electron chi connectivity index (χ4n) is 4.16. The van der Waals surface area contributed by atoms with Gasteiger partial charge in [-0.25, -0.2) is 0 Å². The molecule has 2 aliphatic rings. The quantitative estimate of drug-likeness (QED) is 0.492. The molecular weight excluding hydrogens is 392 g/mol. The maximum Gasteiger partial charge on any atom is 0.234 e. The summed E-state index contributed by atoms with van der Waals surface area (Å²) in [5.74, 6) is 0.112. The average molecular weight is 429 g/mol. The van der Waals surface area contributed by atoms with Crippen molar-refractivity contribution in [1.29, 1.82) is 0 Å². The Morgan fingerprint density at radius 1 is 0.933 bits per heavy atom. The average Bonchev–Trinajstić information content (AvgIpc) is 3.01. The number of nitrogens with zero attached hydrogens (tertiary/aromatic N) is 2. The molecule has 30 heavy (non-hydrogen) atoms. The molecule has 1 aromatic rings. The molecule has 1 fully saturated rings. The van der Waals surface area contributed by atoms with E-state index in [4.69, 9.17) is 12.2 Å². The number of nitrogens with one attached hydrogen (secondary N) is 2. The molecular formula is C24H36N4OS. The first-order valence-electron chi connectivity index (χ1n) is 11.4. The second kappa shape index (κ2) is 12.7. The summed E-state index contributed by atoms with van der Waals surface area (Å²) in [6, 6.07) is 10.3. The van der Waals surface area contributed by atoms with Gasteiger partial charge in [0.05, 0.1) is 6.54 Å². The zero-order chi connectivity index (χ0) is 21.0. The van der Waals surface area contributed by atoms with Gasteiger partial charge in [0.1, 0.15) is 0 Å². The lowest BCUT2D eigenvalue weighted by atomic mass is 9.97. The number of allylic oxidation sites excluding steroid dienone is 1. The summed E-state index contributed by atoms with van der Waals surface area (Å²) in [6.07, 6.45) is 10.6. The van der Waals surface area contributed by atoms with Gasteiger partial charge in [0.25, 0.3) is 0 Å². The molecule has 164 valence electrons. The number of hydrogen-bond donors (Lipinski definition) is 2. The van der Waals surface area contributed by atoms with Crippen LogP contribution >= 0.6 is 12.2 Å². The van der Waals surface area contributed by atoms with E-state index in [1.807, 2.05) is 18.2 Å². The van der Waals surface area contributed by atoms with Crippen LogP contribution in [0, 0.1) is 0 Å². The number of amides is 1. The van der Waals surface area contributed by atoms with E-state index in [0.717, 1.165) is 57.1 Å². The molecule has 6 heteroatoms. The van der Waals surface area contributed by atoms with Gasteiger partial charge in [-0.05, 0) is 62.7 Å². The second-order valence-corrected chi connectivity index (χ2v) is 8.68. The lowest BCUT2D eigenvalue weighted by Crippen LogP contribution is -2.43. The van der Waals surface area contributed by atoms with Crippen molar-refractivity contribution >= 4 is 23.2 Å². The fraction of sp³-hybridized carbons (Fsp3) is 0.583. The normalized spacial score (nSPS) is 17.7. The number of hydrogen-bond acceptors (Lipinski definition) is 3. The van der Waals surface area contributed by atoms with Gasteiger partial charge in [0, 0.05) is 39.3 Å². The van der Waals surface area contributed by atoms with Gasteiger partial charge in [0.15, 0.2) is 5.11 Å². The molecule has 1 heterocycles. The fourth-order valence-corrected chi connectivity index (χ4v) is 4.44. The SMILES string of the molecule is O=C(CN1CCCN(C(=S)NCCC2=CCCCC2)CC1)NCCc1ccccc1. The van der Waals surface area contributed by atoms with Crippen LogP contribution in [0.1, 0.15) is 44.1 Å². The Labute approximate surface area is 186 Å². The summed E-state index contributed by atoms with van der Waals surface area (Å²) < 4.78 is 0. The number of carbonyl (C=O) groups is 1. The van der Waals surface area contributed by atoms with Gasteiger partial charge in [-0.1, -0.05) is 42.0 Å². The minimum absolute atomic E-state index is 0.112. The Balaban J connectivity index is 1.31. The van der Waals surface area contributed by atoms with Crippen molar-refractivity contribution < 1.29 is 4.79 Å². The molecule has 3 rings (SSSR count). The van der Waals surface area contributed by atoms with Crippen LogP contribution < -0.4 is 10.6 Å². The van der Waals surface area contributed by atoms with Crippen molar-refractivity contribution in [2.45, 2.75) is 44.9 Å². The Kier molecular flexibility index (Phi) is 9.64. The summed E-state index contributed by atoms with van der Waals surface area (Å²) in [4.78, 5) is 16.8. The van der Waals surface area contributed by atoms with Crippen LogP contribution in [-0.4, -0.2) is 66.6 Å². The van der Waals surface area contributed by atoms with Crippen molar-refractivity contribution in [3.8, 4) is 0 Å². The highest BCUT2D eigenvalue weighted by Gasteiger charge is 2.18. The van der Waals surface area contributed by atoms with Gasteiger partial charge in [-0.3, -0.25) is 9.69 Å². The highest BCUT2D eigenvalue weighted by molar-refractivity contribution is 7.80. The third kappa shape index (κ3) is 8.07. The standard InChI is InChI=1S/C24H36N4OS/c29-23(25-14-12-21-8-3-1-4-9-21)20-27-16-7-17-28(19-18-27)24(30)26-15-13-22-10-5-2-6-11-22/h1,3-4,8-10H,2,5-7,11-20H2,(H,25,29)(H,26,30). The van der Waals surface area contributed by atoms with Gasteiger partial charge in [-0.15, -0.1) is 0 Å². The lowest BCUT2D eigenvalue weighted by Gasteiger charge is -2.25. The lowest BCUT2D eigenvalue weighted by molar-refractivity contribution is -0.122. The van der Waals surface area contributed by atoms with Crippen molar-refractivity contribution in [1.82, 2.24) is 20.4 Å². The Morgan fingerprint density at radius 3 is 2.57 bits per heavy atom. The van der Waals surface area contributed by atoms with E-state index in [1.165, 1.54) is 31.2 Å². The third-order valence-electron chi connectivity index (χ3n) is 5.93.